The normalized spacial score (nSPS) is 13.6. The van der Waals surface area contributed by atoms with E-state index >= 15 is 0 Å². The maximum atomic E-state index is 10.4. The highest BCUT2D eigenvalue weighted by molar-refractivity contribution is 7.98. The summed E-state index contributed by atoms with van der Waals surface area (Å²) >= 11 is 1.60. The van der Waals surface area contributed by atoms with Crippen LogP contribution in [0.5, 0.6) is 5.75 Å². The maximum absolute atomic E-state index is 10.4. The molecule has 0 radical (unpaired) electrons. The number of hydrogen-bond donors (Lipinski definition) is 12. The second-order valence-corrected chi connectivity index (χ2v) is 12.6. The van der Waals surface area contributed by atoms with Gasteiger partial charge in [0.1, 0.15) is 36.0 Å². The van der Waals surface area contributed by atoms with Gasteiger partial charge in [-0.15, -0.1) is 0 Å². The van der Waals surface area contributed by atoms with Gasteiger partial charge in [-0.2, -0.15) is 11.8 Å². The standard InChI is InChI=1S/C9H11NO3.C6H9N3O2.2C6H13NO2.C5H11NO2S/c10-8(9(12)13)5-6-1-3-7(11)4-2-6;7-5(6(10)11)1-4-2-8-3-9-4;1-4(2)3-5(7)6(8)9;1-3-4(2)5(7)6(8)9;1-9-3-2-4(6)5(7)8/h1-4,8,11H,5,10H2,(H,12,13);2-3,5H,1,7H2,(H,8,9)(H,10,11);2*4-5H,3,7H2,1-2H3,(H,8,9);4H,2-3,6H2,1H3,(H,7,8). The predicted molar refractivity (Wildman–Crippen MR) is 194 cm³/mol. The molecule has 0 aliphatic heterocycles. The number of carboxylic acid groups (broad SMARTS) is 5. The second kappa shape index (κ2) is 29.5. The molecule has 19 heteroatoms. The third-order valence-corrected chi connectivity index (χ3v) is 7.19. The first-order valence-corrected chi connectivity index (χ1v) is 17.2. The number of aromatic hydroxyl groups is 1. The smallest absolute Gasteiger partial charge is 0.320 e. The third-order valence-electron chi connectivity index (χ3n) is 6.55. The number of nitrogens with two attached hydrogens (primary N) is 5. The van der Waals surface area contributed by atoms with Crippen molar-refractivity contribution < 1.29 is 54.6 Å². The summed E-state index contributed by atoms with van der Waals surface area (Å²) in [5.74, 6) is -3.36. The molecule has 1 aromatic carbocycles. The first-order valence-electron chi connectivity index (χ1n) is 15.8. The van der Waals surface area contributed by atoms with Crippen LogP contribution in [-0.2, 0) is 36.8 Å². The summed E-state index contributed by atoms with van der Waals surface area (Å²) in [4.78, 5) is 57.6. The molecule has 2 rings (SSSR count). The predicted octanol–water partition coefficient (Wildman–Crippen LogP) is 0.751. The van der Waals surface area contributed by atoms with Gasteiger partial charge in [0, 0.05) is 12.6 Å². The molecular weight excluding hydrogens is 690 g/mol. The van der Waals surface area contributed by atoms with E-state index < -0.39 is 60.1 Å². The zero-order valence-corrected chi connectivity index (χ0v) is 30.5. The Balaban J connectivity index is -0.000000570. The van der Waals surface area contributed by atoms with Gasteiger partial charge in [0.25, 0.3) is 0 Å². The number of aliphatic carboxylic acids is 5. The minimum absolute atomic E-state index is 0.0718. The Hall–Kier alpha value is -4.27. The van der Waals surface area contributed by atoms with Crippen LogP contribution in [0.3, 0.4) is 0 Å². The number of hydrogen-bond acceptors (Lipinski definition) is 13. The van der Waals surface area contributed by atoms with Crippen molar-refractivity contribution in [2.75, 3.05) is 12.0 Å². The number of nitrogens with one attached hydrogen (secondary N) is 1. The highest BCUT2D eigenvalue weighted by Crippen LogP contribution is 2.11. The van der Waals surface area contributed by atoms with Crippen LogP contribution in [0, 0.1) is 11.8 Å². The van der Waals surface area contributed by atoms with Crippen molar-refractivity contribution in [1.29, 1.82) is 0 Å². The molecule has 0 aliphatic carbocycles. The number of nitrogens with zero attached hydrogens (tertiary/aromatic N) is 1. The highest BCUT2D eigenvalue weighted by Gasteiger charge is 2.17. The van der Waals surface area contributed by atoms with Crippen LogP contribution in [0.2, 0.25) is 0 Å². The SMILES string of the molecule is CC(C)CC(N)C(=O)O.CCC(C)C(N)C(=O)O.CSCCC(N)C(=O)O.NC(Cc1c[nH]cn1)C(=O)O.NC(Cc1ccc(O)cc1)C(=O)O. The summed E-state index contributed by atoms with van der Waals surface area (Å²) in [7, 11) is 0. The number of aromatic nitrogens is 2. The van der Waals surface area contributed by atoms with Gasteiger partial charge >= 0.3 is 29.8 Å². The molecule has 1 aromatic heterocycles. The van der Waals surface area contributed by atoms with Gasteiger partial charge < -0.3 is 64.3 Å². The number of phenolic OH excluding ortho intramolecular Hbond substituents is 1. The molecule has 18 nitrogen and oxygen atoms in total. The van der Waals surface area contributed by atoms with Crippen molar-refractivity contribution in [2.45, 2.75) is 90.0 Å². The number of phenols is 1. The molecule has 0 saturated carbocycles. The topological polar surface area (TPSA) is 366 Å². The summed E-state index contributed by atoms with van der Waals surface area (Å²) in [6.07, 6.45) is 7.50. The van der Waals surface area contributed by atoms with E-state index in [0.717, 1.165) is 17.7 Å². The van der Waals surface area contributed by atoms with Crippen LogP contribution in [0.15, 0.2) is 36.8 Å². The molecule has 6 atom stereocenters. The fourth-order valence-electron chi connectivity index (χ4n) is 3.16. The van der Waals surface area contributed by atoms with E-state index in [2.05, 4.69) is 9.97 Å². The monoisotopic (exact) mass is 747 g/mol. The Morgan fingerprint density at radius 2 is 1.22 bits per heavy atom. The summed E-state index contributed by atoms with van der Waals surface area (Å²) in [6, 6.07) is 2.49. The molecule has 17 N–H and O–H groups in total. The molecule has 1 heterocycles. The van der Waals surface area contributed by atoms with Crippen LogP contribution in [0.1, 0.15) is 58.2 Å². The molecule has 0 bridgehead atoms. The molecule has 0 fully saturated rings. The van der Waals surface area contributed by atoms with Crippen molar-refractivity contribution in [3.63, 3.8) is 0 Å². The van der Waals surface area contributed by atoms with Crippen LogP contribution >= 0.6 is 11.8 Å². The number of benzene rings is 1. The molecule has 0 aliphatic rings. The minimum atomic E-state index is -1.02. The minimum Gasteiger partial charge on any atom is -0.508 e. The lowest BCUT2D eigenvalue weighted by Crippen LogP contribution is -2.36. The van der Waals surface area contributed by atoms with Crippen LogP contribution < -0.4 is 28.7 Å². The molecule has 292 valence electrons. The first kappa shape index (κ1) is 51.1. The van der Waals surface area contributed by atoms with Crippen LogP contribution in [0.25, 0.3) is 0 Å². The summed E-state index contributed by atoms with van der Waals surface area (Å²) in [5.41, 5.74) is 27.7. The van der Waals surface area contributed by atoms with E-state index in [4.69, 9.17) is 59.3 Å². The van der Waals surface area contributed by atoms with E-state index in [0.29, 0.717) is 24.5 Å². The lowest BCUT2D eigenvalue weighted by Gasteiger charge is -2.11. The quantitative estimate of drug-likeness (QED) is 0.113. The largest absolute Gasteiger partial charge is 0.508 e. The first-order chi connectivity index (χ1) is 23.6. The number of carboxylic acids is 5. The number of H-pyrrole nitrogens is 1. The summed E-state index contributed by atoms with van der Waals surface area (Å²) in [6.45, 7) is 7.65. The van der Waals surface area contributed by atoms with Crippen LogP contribution in [0.4, 0.5) is 0 Å². The van der Waals surface area contributed by atoms with E-state index in [9.17, 15) is 24.0 Å². The van der Waals surface area contributed by atoms with Gasteiger partial charge in [0.15, 0.2) is 0 Å². The van der Waals surface area contributed by atoms with Gasteiger partial charge in [-0.1, -0.05) is 46.2 Å². The van der Waals surface area contributed by atoms with Crippen LogP contribution in [-0.4, -0.2) is 113 Å². The van der Waals surface area contributed by atoms with Crippen molar-refractivity contribution in [1.82, 2.24) is 9.97 Å². The van der Waals surface area contributed by atoms with E-state index in [1.807, 2.05) is 34.0 Å². The van der Waals surface area contributed by atoms with Crippen molar-refractivity contribution in [2.24, 2.45) is 40.5 Å². The highest BCUT2D eigenvalue weighted by atomic mass is 32.2. The Kier molecular flexibility index (Phi) is 29.5. The Labute approximate surface area is 302 Å². The average molecular weight is 748 g/mol. The second-order valence-electron chi connectivity index (χ2n) is 11.6. The van der Waals surface area contributed by atoms with Crippen molar-refractivity contribution in [3.05, 3.63) is 48.0 Å². The molecule has 2 aromatic rings. The lowest BCUT2D eigenvalue weighted by atomic mass is 10.0. The van der Waals surface area contributed by atoms with Gasteiger partial charge in [-0.3, -0.25) is 24.0 Å². The van der Waals surface area contributed by atoms with E-state index in [1.54, 1.807) is 30.1 Å². The molecule has 51 heavy (non-hydrogen) atoms. The Morgan fingerprint density at radius 1 is 0.745 bits per heavy atom. The molecule has 6 unspecified atom stereocenters. The van der Waals surface area contributed by atoms with Gasteiger partial charge in [-0.25, -0.2) is 4.98 Å². The van der Waals surface area contributed by atoms with Gasteiger partial charge in [0.2, 0.25) is 0 Å². The fourth-order valence-corrected chi connectivity index (χ4v) is 3.65. The van der Waals surface area contributed by atoms with E-state index in [-0.39, 0.29) is 24.5 Å². The lowest BCUT2D eigenvalue weighted by molar-refractivity contribution is -0.140. The Bertz CT molecular complexity index is 1250. The van der Waals surface area contributed by atoms with Crippen molar-refractivity contribution in [3.8, 4) is 5.75 Å². The van der Waals surface area contributed by atoms with Crippen molar-refractivity contribution >= 4 is 41.6 Å². The number of aromatic amines is 1. The fraction of sp³-hybridized carbons (Fsp3) is 0.562. The van der Waals surface area contributed by atoms with Gasteiger partial charge in [0.05, 0.1) is 12.0 Å². The summed E-state index contributed by atoms with van der Waals surface area (Å²) < 4.78 is 0. The number of carbonyl (C=O) groups is 5. The number of rotatable bonds is 16. The maximum Gasteiger partial charge on any atom is 0.320 e. The zero-order valence-electron chi connectivity index (χ0n) is 29.7. The molecular formula is C32H57N7O11S. The van der Waals surface area contributed by atoms with Gasteiger partial charge in [-0.05, 0) is 60.8 Å². The number of thioether (sulfide) groups is 1. The molecule has 0 saturated heterocycles. The third kappa shape index (κ3) is 29.2. The molecule has 0 spiro atoms. The molecule has 0 amide bonds. The Morgan fingerprint density at radius 3 is 1.53 bits per heavy atom. The number of imidazole rings is 1. The summed E-state index contributed by atoms with van der Waals surface area (Å²) in [5, 5.41) is 50.8. The zero-order chi connectivity index (χ0) is 40.3. The van der Waals surface area contributed by atoms with E-state index in [1.165, 1.54) is 18.5 Å². The average Bonchev–Trinajstić information content (AvgIpc) is 3.57.